The number of fused-ring (bicyclic) bond motifs is 2. The summed E-state index contributed by atoms with van der Waals surface area (Å²) in [5.41, 5.74) is 3.32. The first kappa shape index (κ1) is 24.9. The second-order valence-corrected chi connectivity index (χ2v) is 8.93. The molecule has 0 fully saturated rings. The van der Waals surface area contributed by atoms with Crippen LogP contribution >= 0.6 is 0 Å². The summed E-state index contributed by atoms with van der Waals surface area (Å²) in [6, 6.07) is 8.90. The number of hydrogen-bond acceptors (Lipinski definition) is 10. The van der Waals surface area contributed by atoms with E-state index in [1.54, 1.807) is 35.9 Å². The Morgan fingerprint density at radius 3 is 2.65 bits per heavy atom. The second kappa shape index (κ2) is 10.3. The lowest BCUT2D eigenvalue weighted by atomic mass is 9.90. The van der Waals surface area contributed by atoms with Crippen molar-refractivity contribution in [3.05, 3.63) is 52.8 Å². The topological polar surface area (TPSA) is 113 Å². The van der Waals surface area contributed by atoms with Gasteiger partial charge in [0.25, 0.3) is 5.91 Å². The third-order valence-corrected chi connectivity index (χ3v) is 6.79. The first-order chi connectivity index (χ1) is 18.0. The number of ether oxygens (including phenoxy) is 5. The zero-order valence-corrected chi connectivity index (χ0v) is 21.5. The molecule has 0 spiro atoms. The average Bonchev–Trinajstić information content (AvgIpc) is 3.60. The van der Waals surface area contributed by atoms with Crippen LogP contribution in [0.25, 0.3) is 5.69 Å². The van der Waals surface area contributed by atoms with Gasteiger partial charge in [-0.15, -0.1) is 5.10 Å². The molecule has 0 saturated heterocycles. The number of tetrazole rings is 1. The summed E-state index contributed by atoms with van der Waals surface area (Å²) in [7, 11) is 8.44. The van der Waals surface area contributed by atoms with Gasteiger partial charge in [-0.3, -0.25) is 9.69 Å². The van der Waals surface area contributed by atoms with Gasteiger partial charge in [0.1, 0.15) is 6.04 Å². The lowest BCUT2D eigenvalue weighted by Gasteiger charge is -2.34. The van der Waals surface area contributed by atoms with Gasteiger partial charge in [-0.25, -0.2) is 0 Å². The van der Waals surface area contributed by atoms with E-state index in [4.69, 9.17) is 23.7 Å². The largest absolute Gasteiger partial charge is 0.492 e. The summed E-state index contributed by atoms with van der Waals surface area (Å²) in [6.07, 6.45) is 0.330. The van der Waals surface area contributed by atoms with Gasteiger partial charge < -0.3 is 28.6 Å². The molecule has 2 aliphatic rings. The molecule has 2 aliphatic heterocycles. The molecule has 1 unspecified atom stereocenters. The van der Waals surface area contributed by atoms with Crippen LogP contribution in [0.1, 0.15) is 33.4 Å². The van der Waals surface area contributed by atoms with Gasteiger partial charge in [0.2, 0.25) is 12.5 Å². The molecule has 12 heteroatoms. The summed E-state index contributed by atoms with van der Waals surface area (Å²) in [4.78, 5) is 16.6. The van der Waals surface area contributed by atoms with Crippen LogP contribution < -0.4 is 14.2 Å². The van der Waals surface area contributed by atoms with Gasteiger partial charge in [-0.1, -0.05) is 0 Å². The molecule has 0 N–H and O–H groups in total. The van der Waals surface area contributed by atoms with Crippen molar-refractivity contribution < 1.29 is 28.5 Å². The Morgan fingerprint density at radius 1 is 1.19 bits per heavy atom. The van der Waals surface area contributed by atoms with Gasteiger partial charge in [0, 0.05) is 38.9 Å². The highest BCUT2D eigenvalue weighted by atomic mass is 16.7. The third-order valence-electron chi connectivity index (χ3n) is 6.79. The maximum absolute atomic E-state index is 12.9. The Bertz CT molecular complexity index is 1280. The highest BCUT2D eigenvalue weighted by Crippen LogP contribution is 2.50. The first-order valence-corrected chi connectivity index (χ1v) is 11.9. The van der Waals surface area contributed by atoms with Gasteiger partial charge in [-0.05, 0) is 59.8 Å². The first-order valence-electron chi connectivity index (χ1n) is 11.9. The predicted octanol–water partition coefficient (Wildman–Crippen LogP) is 1.67. The summed E-state index contributed by atoms with van der Waals surface area (Å²) in [5, 5.41) is 12.7. The number of carbonyl (C=O) groups excluding carboxylic acids is 1. The van der Waals surface area contributed by atoms with E-state index in [1.165, 1.54) is 14.2 Å². The minimum Gasteiger partial charge on any atom is -0.492 e. The number of amides is 1. The number of rotatable bonds is 8. The molecule has 12 nitrogen and oxygen atoms in total. The minimum atomic E-state index is -0.498. The normalized spacial score (nSPS) is 16.6. The number of nitrogens with zero attached hydrogens (tertiary/aromatic N) is 6. The monoisotopic (exact) mass is 510 g/mol. The lowest BCUT2D eigenvalue weighted by Crippen LogP contribution is -2.36. The molecule has 0 bridgehead atoms. The Balaban J connectivity index is 1.47. The van der Waals surface area contributed by atoms with E-state index >= 15 is 0 Å². The van der Waals surface area contributed by atoms with Gasteiger partial charge in [0.05, 0.1) is 19.3 Å². The molecule has 1 atom stereocenters. The molecule has 1 amide bonds. The molecule has 0 aliphatic carbocycles. The minimum absolute atomic E-state index is 0.149. The Labute approximate surface area is 214 Å². The van der Waals surface area contributed by atoms with Gasteiger partial charge in [-0.2, -0.15) is 4.68 Å². The van der Waals surface area contributed by atoms with Crippen LogP contribution in [0, 0.1) is 0 Å². The van der Waals surface area contributed by atoms with Crippen LogP contribution in [0.4, 0.5) is 0 Å². The Kier molecular flexibility index (Phi) is 6.96. The average molecular weight is 511 g/mol. The molecule has 0 radical (unpaired) electrons. The zero-order valence-electron chi connectivity index (χ0n) is 21.5. The SMILES string of the molecule is COc1c2c(cc3c1C(c1nnnn1-c1ccc(C(=O)N(C)CC(OC)OC)cc1)N(C)CC3)OCO2. The van der Waals surface area contributed by atoms with Crippen LogP contribution in [0.3, 0.4) is 0 Å². The van der Waals surface area contributed by atoms with Crippen LogP contribution in [0.15, 0.2) is 30.3 Å². The fraction of sp³-hybridized carbons (Fsp3) is 0.440. The van der Waals surface area contributed by atoms with Crippen molar-refractivity contribution in [3.8, 4) is 22.9 Å². The summed E-state index contributed by atoms with van der Waals surface area (Å²) < 4.78 is 29.2. The number of carbonyl (C=O) groups is 1. The van der Waals surface area contributed by atoms with Crippen molar-refractivity contribution >= 4 is 5.91 Å². The smallest absolute Gasteiger partial charge is 0.253 e. The number of likely N-dealkylation sites (N-methyl/N-ethyl adjacent to an activating group) is 2. The number of aromatic nitrogens is 4. The predicted molar refractivity (Wildman–Crippen MR) is 131 cm³/mol. The van der Waals surface area contributed by atoms with Crippen LogP contribution in [0.2, 0.25) is 0 Å². The maximum Gasteiger partial charge on any atom is 0.253 e. The molecule has 196 valence electrons. The summed E-state index contributed by atoms with van der Waals surface area (Å²) >= 11 is 0. The van der Waals surface area contributed by atoms with Crippen LogP contribution in [0.5, 0.6) is 17.2 Å². The molecule has 5 rings (SSSR count). The van der Waals surface area contributed by atoms with E-state index in [0.29, 0.717) is 35.2 Å². The zero-order chi connectivity index (χ0) is 26.1. The molecule has 2 aromatic carbocycles. The van der Waals surface area contributed by atoms with Crippen molar-refractivity contribution in [2.24, 2.45) is 0 Å². The number of benzene rings is 2. The van der Waals surface area contributed by atoms with Crippen molar-refractivity contribution in [2.75, 3.05) is 55.3 Å². The van der Waals surface area contributed by atoms with Crippen molar-refractivity contribution in [3.63, 3.8) is 0 Å². The second-order valence-electron chi connectivity index (χ2n) is 8.93. The van der Waals surface area contributed by atoms with E-state index < -0.39 is 6.29 Å². The highest BCUT2D eigenvalue weighted by molar-refractivity contribution is 5.94. The van der Waals surface area contributed by atoms with Gasteiger partial charge >= 0.3 is 0 Å². The van der Waals surface area contributed by atoms with E-state index in [2.05, 4.69) is 20.4 Å². The van der Waals surface area contributed by atoms with Crippen LogP contribution in [-0.4, -0.2) is 97.5 Å². The van der Waals surface area contributed by atoms with E-state index in [9.17, 15) is 4.79 Å². The van der Waals surface area contributed by atoms with Crippen molar-refractivity contribution in [2.45, 2.75) is 18.8 Å². The summed E-state index contributed by atoms with van der Waals surface area (Å²) in [6.45, 7) is 1.26. The highest BCUT2D eigenvalue weighted by Gasteiger charge is 2.37. The maximum atomic E-state index is 12.9. The van der Waals surface area contributed by atoms with E-state index in [0.717, 1.165) is 29.8 Å². The fourth-order valence-electron chi connectivity index (χ4n) is 4.82. The number of methoxy groups -OCH3 is 3. The van der Waals surface area contributed by atoms with Gasteiger partial charge in [0.15, 0.2) is 23.6 Å². The molecular weight excluding hydrogens is 480 g/mol. The van der Waals surface area contributed by atoms with E-state index in [-0.39, 0.29) is 18.7 Å². The summed E-state index contributed by atoms with van der Waals surface area (Å²) in [5.74, 6) is 2.39. The molecule has 0 saturated carbocycles. The number of hydrogen-bond donors (Lipinski definition) is 0. The third kappa shape index (κ3) is 4.47. The van der Waals surface area contributed by atoms with Crippen LogP contribution in [-0.2, 0) is 15.9 Å². The van der Waals surface area contributed by atoms with Crippen molar-refractivity contribution in [1.29, 1.82) is 0 Å². The van der Waals surface area contributed by atoms with Crippen molar-refractivity contribution in [1.82, 2.24) is 30.0 Å². The molecule has 3 aromatic rings. The standard InChI is InChI=1S/C25H30N6O6/c1-29-11-10-16-12-18-22(37-14-36-18)23(35-5)20(16)21(29)24-26-27-28-31(24)17-8-6-15(7-9-17)25(32)30(2)13-19(33-3)34-4/h6-9,12,19,21H,10-11,13-14H2,1-5H3. The molecular formula is C25H30N6O6. The van der Waals surface area contributed by atoms with E-state index in [1.807, 2.05) is 25.2 Å². The molecule has 37 heavy (non-hydrogen) atoms. The molecule has 1 aromatic heterocycles. The Hall–Kier alpha value is -3.74. The lowest BCUT2D eigenvalue weighted by molar-refractivity contribution is -0.110. The molecule has 3 heterocycles. The quantitative estimate of drug-likeness (QED) is 0.415. The Morgan fingerprint density at radius 2 is 1.95 bits per heavy atom. The fourth-order valence-corrected chi connectivity index (χ4v) is 4.82.